The third kappa shape index (κ3) is 5.73. The van der Waals surface area contributed by atoms with Gasteiger partial charge in [-0.15, -0.1) is 0 Å². The zero-order valence-corrected chi connectivity index (χ0v) is 20.3. The maximum atomic E-state index is 13.2. The van der Waals surface area contributed by atoms with Crippen LogP contribution in [0, 0.1) is 6.92 Å². The number of hydrogen-bond acceptors (Lipinski definition) is 3. The Labute approximate surface area is 209 Å². The average Bonchev–Trinajstić information content (AvgIpc) is 3.19. The zero-order valence-electron chi connectivity index (χ0n) is 19.5. The van der Waals surface area contributed by atoms with E-state index >= 15 is 0 Å². The molecule has 0 radical (unpaired) electrons. The fourth-order valence-corrected chi connectivity index (χ4v) is 4.09. The van der Waals surface area contributed by atoms with E-state index in [9.17, 15) is 9.59 Å². The fraction of sp³-hybridized carbons (Fsp3) is 0.143. The average molecular weight is 488 g/mol. The number of fused-ring (bicyclic) bond motifs is 1. The molecule has 0 saturated heterocycles. The molecular weight excluding hydrogens is 462 g/mol. The van der Waals surface area contributed by atoms with Crippen LogP contribution in [0.3, 0.4) is 0 Å². The second kappa shape index (κ2) is 10.9. The summed E-state index contributed by atoms with van der Waals surface area (Å²) in [4.78, 5) is 29.5. The normalized spacial score (nSPS) is 11.3. The highest BCUT2D eigenvalue weighted by atomic mass is 35.5. The van der Waals surface area contributed by atoms with Gasteiger partial charge in [-0.2, -0.15) is 0 Å². The lowest BCUT2D eigenvalue weighted by atomic mass is 10.1. The van der Waals surface area contributed by atoms with E-state index in [4.69, 9.17) is 16.3 Å². The SMILES string of the molecule is COc1ccccc1C(=O)N/C(=C\c1ccc(Cl)cc1)C(=O)NCCc1c(C)[nH]c2ccccc12. The van der Waals surface area contributed by atoms with Crippen molar-refractivity contribution in [2.45, 2.75) is 13.3 Å². The van der Waals surface area contributed by atoms with Gasteiger partial charge in [-0.3, -0.25) is 9.59 Å². The van der Waals surface area contributed by atoms with Gasteiger partial charge >= 0.3 is 0 Å². The number of para-hydroxylation sites is 2. The Bertz CT molecular complexity index is 1390. The van der Waals surface area contributed by atoms with E-state index < -0.39 is 5.91 Å². The van der Waals surface area contributed by atoms with Crippen molar-refractivity contribution in [2.24, 2.45) is 0 Å². The van der Waals surface area contributed by atoms with Crippen molar-refractivity contribution in [3.63, 3.8) is 0 Å². The first-order valence-electron chi connectivity index (χ1n) is 11.2. The van der Waals surface area contributed by atoms with Crippen LogP contribution in [0.1, 0.15) is 27.2 Å². The number of halogens is 1. The molecule has 2 amide bonds. The highest BCUT2D eigenvalue weighted by molar-refractivity contribution is 6.30. The summed E-state index contributed by atoms with van der Waals surface area (Å²) in [6.07, 6.45) is 2.27. The van der Waals surface area contributed by atoms with E-state index in [1.165, 1.54) is 7.11 Å². The first-order chi connectivity index (χ1) is 17.0. The van der Waals surface area contributed by atoms with Crippen molar-refractivity contribution >= 4 is 40.4 Å². The molecule has 6 nitrogen and oxygen atoms in total. The topological polar surface area (TPSA) is 83.2 Å². The summed E-state index contributed by atoms with van der Waals surface area (Å²) in [5.74, 6) is -0.406. The number of aromatic amines is 1. The molecule has 0 aliphatic carbocycles. The first-order valence-corrected chi connectivity index (χ1v) is 11.6. The molecule has 35 heavy (non-hydrogen) atoms. The van der Waals surface area contributed by atoms with E-state index in [1.807, 2.05) is 25.1 Å². The summed E-state index contributed by atoms with van der Waals surface area (Å²) < 4.78 is 5.29. The molecule has 0 aliphatic heterocycles. The Balaban J connectivity index is 1.53. The van der Waals surface area contributed by atoms with Crippen molar-refractivity contribution in [2.75, 3.05) is 13.7 Å². The largest absolute Gasteiger partial charge is 0.496 e. The number of aryl methyl sites for hydroxylation is 1. The highest BCUT2D eigenvalue weighted by Crippen LogP contribution is 2.22. The number of benzene rings is 3. The van der Waals surface area contributed by atoms with Gasteiger partial charge in [-0.05, 0) is 60.9 Å². The molecular formula is C28H26ClN3O3. The number of H-pyrrole nitrogens is 1. The number of carbonyl (C=O) groups is 2. The monoisotopic (exact) mass is 487 g/mol. The second-order valence-electron chi connectivity index (χ2n) is 8.04. The Morgan fingerprint density at radius 3 is 2.49 bits per heavy atom. The zero-order chi connectivity index (χ0) is 24.8. The quantitative estimate of drug-likeness (QED) is 0.296. The summed E-state index contributed by atoms with van der Waals surface area (Å²) in [6, 6.07) is 22.0. The molecule has 0 spiro atoms. The third-order valence-electron chi connectivity index (χ3n) is 5.71. The van der Waals surface area contributed by atoms with Crippen LogP contribution in [0.5, 0.6) is 5.75 Å². The Morgan fingerprint density at radius 2 is 1.71 bits per heavy atom. The highest BCUT2D eigenvalue weighted by Gasteiger charge is 2.18. The van der Waals surface area contributed by atoms with Crippen LogP contribution in [0.15, 0.2) is 78.5 Å². The van der Waals surface area contributed by atoms with Crippen molar-refractivity contribution < 1.29 is 14.3 Å². The number of amides is 2. The molecule has 1 heterocycles. The summed E-state index contributed by atoms with van der Waals surface area (Å²) in [5.41, 5.74) is 4.48. The third-order valence-corrected chi connectivity index (χ3v) is 5.96. The van der Waals surface area contributed by atoms with Gasteiger partial charge < -0.3 is 20.4 Å². The van der Waals surface area contributed by atoms with Gasteiger partial charge in [-0.25, -0.2) is 0 Å². The Kier molecular flexibility index (Phi) is 7.53. The first kappa shape index (κ1) is 24.1. The van der Waals surface area contributed by atoms with Gasteiger partial charge in [0, 0.05) is 28.2 Å². The van der Waals surface area contributed by atoms with E-state index in [0.29, 0.717) is 29.3 Å². The predicted octanol–water partition coefficient (Wildman–Crippen LogP) is 5.27. The van der Waals surface area contributed by atoms with Crippen LogP contribution < -0.4 is 15.4 Å². The molecule has 3 aromatic carbocycles. The van der Waals surface area contributed by atoms with Crippen LogP contribution in [0.2, 0.25) is 5.02 Å². The molecule has 178 valence electrons. The summed E-state index contributed by atoms with van der Waals surface area (Å²) in [6.45, 7) is 2.43. The lowest BCUT2D eigenvalue weighted by Gasteiger charge is -2.13. The lowest BCUT2D eigenvalue weighted by molar-refractivity contribution is -0.117. The standard InChI is InChI=1S/C28H26ClN3O3/c1-18-21(22-7-3-5-9-24(22)31-18)15-16-30-28(34)25(17-19-11-13-20(29)14-12-19)32-27(33)23-8-4-6-10-26(23)35-2/h3-14,17,31H,15-16H2,1-2H3,(H,30,34)(H,32,33)/b25-17-. The Morgan fingerprint density at radius 1 is 1.00 bits per heavy atom. The van der Waals surface area contributed by atoms with Crippen molar-refractivity contribution in [3.8, 4) is 5.75 Å². The van der Waals surface area contributed by atoms with E-state index in [1.54, 1.807) is 54.6 Å². The minimum Gasteiger partial charge on any atom is -0.496 e. The van der Waals surface area contributed by atoms with Crippen LogP contribution in [0.4, 0.5) is 0 Å². The number of nitrogens with one attached hydrogen (secondary N) is 3. The number of hydrogen-bond donors (Lipinski definition) is 3. The fourth-order valence-electron chi connectivity index (χ4n) is 3.96. The maximum Gasteiger partial charge on any atom is 0.267 e. The van der Waals surface area contributed by atoms with E-state index in [2.05, 4.69) is 21.7 Å². The number of methoxy groups -OCH3 is 1. The molecule has 7 heteroatoms. The van der Waals surface area contributed by atoms with E-state index in [-0.39, 0.29) is 11.6 Å². The maximum absolute atomic E-state index is 13.2. The number of rotatable bonds is 8. The van der Waals surface area contributed by atoms with Crippen LogP contribution in [-0.2, 0) is 11.2 Å². The van der Waals surface area contributed by atoms with Gasteiger partial charge in [-0.1, -0.05) is 54.1 Å². The van der Waals surface area contributed by atoms with Gasteiger partial charge in [0.1, 0.15) is 11.4 Å². The minimum atomic E-state index is -0.440. The second-order valence-corrected chi connectivity index (χ2v) is 8.48. The molecule has 3 N–H and O–H groups in total. The van der Waals surface area contributed by atoms with Gasteiger partial charge in [0.05, 0.1) is 12.7 Å². The van der Waals surface area contributed by atoms with Crippen molar-refractivity contribution in [1.82, 2.24) is 15.6 Å². The smallest absolute Gasteiger partial charge is 0.267 e. The van der Waals surface area contributed by atoms with Crippen molar-refractivity contribution in [3.05, 3.63) is 106 Å². The van der Waals surface area contributed by atoms with Gasteiger partial charge in [0.25, 0.3) is 11.8 Å². The molecule has 1 aromatic heterocycles. The van der Waals surface area contributed by atoms with E-state index in [0.717, 1.165) is 27.7 Å². The molecule has 4 rings (SSSR count). The Hall–Kier alpha value is -4.03. The molecule has 0 unspecified atom stereocenters. The number of carbonyl (C=O) groups excluding carboxylic acids is 2. The predicted molar refractivity (Wildman–Crippen MR) is 140 cm³/mol. The molecule has 0 atom stereocenters. The van der Waals surface area contributed by atoms with Crippen LogP contribution >= 0.6 is 11.6 Å². The minimum absolute atomic E-state index is 0.124. The molecule has 4 aromatic rings. The van der Waals surface area contributed by atoms with Crippen molar-refractivity contribution in [1.29, 1.82) is 0 Å². The van der Waals surface area contributed by atoms with Crippen LogP contribution in [0.25, 0.3) is 17.0 Å². The molecule has 0 aliphatic rings. The molecule has 0 saturated carbocycles. The summed E-state index contributed by atoms with van der Waals surface area (Å²) in [5, 5.41) is 7.41. The molecule has 0 fully saturated rings. The van der Waals surface area contributed by atoms with Crippen LogP contribution in [-0.4, -0.2) is 30.5 Å². The summed E-state index contributed by atoms with van der Waals surface area (Å²) in [7, 11) is 1.50. The summed E-state index contributed by atoms with van der Waals surface area (Å²) >= 11 is 5.99. The van der Waals surface area contributed by atoms with Gasteiger partial charge in [0.15, 0.2) is 0 Å². The lowest BCUT2D eigenvalue weighted by Crippen LogP contribution is -2.36. The molecule has 0 bridgehead atoms. The van der Waals surface area contributed by atoms with Gasteiger partial charge in [0.2, 0.25) is 0 Å². The number of aromatic nitrogens is 1. The number of ether oxygens (including phenoxy) is 1.